The topological polar surface area (TPSA) is 17.1 Å². The molecule has 0 saturated carbocycles. The molecule has 70 valence electrons. The summed E-state index contributed by atoms with van der Waals surface area (Å²) in [4.78, 5) is 11.6. The van der Waals surface area contributed by atoms with Gasteiger partial charge in [-0.25, -0.2) is 0 Å². The van der Waals surface area contributed by atoms with Crippen molar-refractivity contribution in [2.24, 2.45) is 0 Å². The molecule has 0 aliphatic heterocycles. The Morgan fingerprint density at radius 1 is 1.38 bits per heavy atom. The minimum Gasteiger partial charge on any atom is -0.298 e. The van der Waals surface area contributed by atoms with Gasteiger partial charge in [0.25, 0.3) is 0 Å². The van der Waals surface area contributed by atoms with E-state index in [2.05, 4.69) is 13.8 Å². The number of hydrogen-bond acceptors (Lipinski definition) is 2. The van der Waals surface area contributed by atoms with Gasteiger partial charge >= 0.3 is 0 Å². The monoisotopic (exact) mass is 194 g/mol. The van der Waals surface area contributed by atoms with Gasteiger partial charge in [-0.1, -0.05) is 26.0 Å². The lowest BCUT2D eigenvalue weighted by atomic mass is 10.2. The van der Waals surface area contributed by atoms with Crippen LogP contribution in [0.5, 0.6) is 0 Å². The van der Waals surface area contributed by atoms with Crippen molar-refractivity contribution in [3.8, 4) is 0 Å². The van der Waals surface area contributed by atoms with Crippen LogP contribution in [0.2, 0.25) is 0 Å². The third kappa shape index (κ3) is 3.23. The predicted molar refractivity (Wildman–Crippen MR) is 57.4 cm³/mol. The number of hydrogen-bond donors (Lipinski definition) is 0. The molecule has 0 saturated heterocycles. The smallest absolute Gasteiger partial charge is 0.150 e. The van der Waals surface area contributed by atoms with Gasteiger partial charge in [-0.3, -0.25) is 4.79 Å². The van der Waals surface area contributed by atoms with Crippen molar-refractivity contribution < 1.29 is 4.79 Å². The Morgan fingerprint density at radius 3 is 2.46 bits per heavy atom. The fourth-order valence-electron chi connectivity index (χ4n) is 0.941. The molecule has 0 aliphatic rings. The van der Waals surface area contributed by atoms with Gasteiger partial charge in [0.2, 0.25) is 0 Å². The van der Waals surface area contributed by atoms with E-state index in [0.29, 0.717) is 5.25 Å². The van der Waals surface area contributed by atoms with Gasteiger partial charge in [0.1, 0.15) is 6.29 Å². The fourth-order valence-corrected chi connectivity index (χ4v) is 1.87. The number of carbonyl (C=O) groups is 1. The van der Waals surface area contributed by atoms with Crippen molar-refractivity contribution in [1.29, 1.82) is 0 Å². The van der Waals surface area contributed by atoms with Crippen LogP contribution >= 0.6 is 11.8 Å². The molecular weight excluding hydrogens is 180 g/mol. The maximum Gasteiger partial charge on any atom is 0.150 e. The van der Waals surface area contributed by atoms with E-state index < -0.39 is 0 Å². The highest BCUT2D eigenvalue weighted by Crippen LogP contribution is 2.24. The number of carbonyl (C=O) groups excluding carboxylic acids is 1. The highest BCUT2D eigenvalue weighted by molar-refractivity contribution is 7.99. The third-order valence-electron chi connectivity index (χ3n) is 1.93. The number of aldehydes is 1. The van der Waals surface area contributed by atoms with E-state index >= 15 is 0 Å². The van der Waals surface area contributed by atoms with E-state index in [0.717, 1.165) is 11.8 Å². The Kier molecular flexibility index (Phi) is 4.03. The molecule has 1 aromatic carbocycles. The van der Waals surface area contributed by atoms with Crippen LogP contribution in [0.15, 0.2) is 29.2 Å². The van der Waals surface area contributed by atoms with Crippen molar-refractivity contribution in [3.05, 3.63) is 29.8 Å². The first-order chi connectivity index (χ1) is 6.26. The van der Waals surface area contributed by atoms with E-state index in [-0.39, 0.29) is 0 Å². The summed E-state index contributed by atoms with van der Waals surface area (Å²) in [5.41, 5.74) is 0.744. The summed E-state index contributed by atoms with van der Waals surface area (Å²) in [7, 11) is 0. The molecule has 0 amide bonds. The van der Waals surface area contributed by atoms with E-state index in [9.17, 15) is 4.79 Å². The molecule has 0 fully saturated rings. The first-order valence-corrected chi connectivity index (χ1v) is 5.36. The lowest BCUT2D eigenvalue weighted by Gasteiger charge is -2.07. The van der Waals surface area contributed by atoms with Gasteiger partial charge in [0.05, 0.1) is 0 Å². The van der Waals surface area contributed by atoms with Crippen LogP contribution in [0.25, 0.3) is 0 Å². The maximum atomic E-state index is 10.4. The van der Waals surface area contributed by atoms with Crippen molar-refractivity contribution in [1.82, 2.24) is 0 Å². The minimum absolute atomic E-state index is 0.641. The Hall–Kier alpha value is -0.760. The molecule has 0 radical (unpaired) electrons. The van der Waals surface area contributed by atoms with Crippen molar-refractivity contribution in [3.63, 3.8) is 0 Å². The lowest BCUT2D eigenvalue weighted by Crippen LogP contribution is -1.91. The summed E-state index contributed by atoms with van der Waals surface area (Å²) in [6.45, 7) is 4.38. The van der Waals surface area contributed by atoms with Crippen LogP contribution in [0, 0.1) is 0 Å². The lowest BCUT2D eigenvalue weighted by molar-refractivity contribution is 0.112. The second kappa shape index (κ2) is 5.07. The highest BCUT2D eigenvalue weighted by atomic mass is 32.2. The molecular formula is C11H14OS. The molecule has 1 unspecified atom stereocenters. The standard InChI is InChI=1S/C11H14OS/c1-3-9(2)13-11-6-4-10(8-12)5-7-11/h4-9H,3H2,1-2H3. The summed E-state index contributed by atoms with van der Waals surface area (Å²) < 4.78 is 0. The SMILES string of the molecule is CCC(C)Sc1ccc(C=O)cc1. The molecule has 0 aliphatic carbocycles. The summed E-state index contributed by atoms with van der Waals surface area (Å²) in [5.74, 6) is 0. The molecule has 13 heavy (non-hydrogen) atoms. The molecule has 1 nitrogen and oxygen atoms in total. The van der Waals surface area contributed by atoms with Crippen LogP contribution in [0.4, 0.5) is 0 Å². The van der Waals surface area contributed by atoms with Crippen molar-refractivity contribution in [2.45, 2.75) is 30.4 Å². The third-order valence-corrected chi connectivity index (χ3v) is 3.21. The second-order valence-corrected chi connectivity index (χ2v) is 4.54. The van der Waals surface area contributed by atoms with E-state index in [1.807, 2.05) is 36.0 Å². The van der Waals surface area contributed by atoms with Gasteiger partial charge in [-0.05, 0) is 18.6 Å². The van der Waals surface area contributed by atoms with Crippen LogP contribution in [0.3, 0.4) is 0 Å². The Balaban J connectivity index is 2.63. The van der Waals surface area contributed by atoms with Crippen LogP contribution < -0.4 is 0 Å². The van der Waals surface area contributed by atoms with Gasteiger partial charge in [-0.15, -0.1) is 11.8 Å². The zero-order valence-electron chi connectivity index (χ0n) is 7.99. The number of rotatable bonds is 4. The fraction of sp³-hybridized carbons (Fsp3) is 0.364. The van der Waals surface area contributed by atoms with Crippen LogP contribution in [-0.4, -0.2) is 11.5 Å². The van der Waals surface area contributed by atoms with Crippen LogP contribution in [0.1, 0.15) is 30.6 Å². The van der Waals surface area contributed by atoms with Crippen molar-refractivity contribution >= 4 is 18.0 Å². The minimum atomic E-state index is 0.641. The molecule has 0 aromatic heterocycles. The molecule has 0 spiro atoms. The summed E-state index contributed by atoms with van der Waals surface area (Å²) in [6, 6.07) is 7.72. The van der Waals surface area contributed by atoms with Gasteiger partial charge < -0.3 is 0 Å². The first kappa shape index (κ1) is 10.3. The van der Waals surface area contributed by atoms with E-state index in [1.165, 1.54) is 11.3 Å². The molecule has 0 N–H and O–H groups in total. The summed E-state index contributed by atoms with van der Waals surface area (Å²) in [6.07, 6.45) is 2.04. The Bertz CT molecular complexity index is 266. The zero-order valence-corrected chi connectivity index (χ0v) is 8.80. The molecule has 1 rings (SSSR count). The molecule has 1 atom stereocenters. The molecule has 0 bridgehead atoms. The first-order valence-electron chi connectivity index (χ1n) is 4.48. The summed E-state index contributed by atoms with van der Waals surface area (Å²) >= 11 is 1.85. The average molecular weight is 194 g/mol. The van der Waals surface area contributed by atoms with Gasteiger partial charge in [0, 0.05) is 15.7 Å². The summed E-state index contributed by atoms with van der Waals surface area (Å²) in [5, 5.41) is 0.641. The van der Waals surface area contributed by atoms with Gasteiger partial charge in [-0.2, -0.15) is 0 Å². The molecule has 2 heteroatoms. The molecule has 0 heterocycles. The van der Waals surface area contributed by atoms with Crippen molar-refractivity contribution in [2.75, 3.05) is 0 Å². The maximum absolute atomic E-state index is 10.4. The largest absolute Gasteiger partial charge is 0.298 e. The Labute approximate surface area is 83.5 Å². The normalized spacial score (nSPS) is 12.5. The average Bonchev–Trinajstić information content (AvgIpc) is 2.19. The molecule has 1 aromatic rings. The number of benzene rings is 1. The quantitative estimate of drug-likeness (QED) is 0.540. The predicted octanol–water partition coefficient (Wildman–Crippen LogP) is 3.39. The van der Waals surface area contributed by atoms with E-state index in [4.69, 9.17) is 0 Å². The van der Waals surface area contributed by atoms with Gasteiger partial charge in [0.15, 0.2) is 0 Å². The second-order valence-electron chi connectivity index (χ2n) is 3.02. The Morgan fingerprint density at radius 2 is 2.00 bits per heavy atom. The van der Waals surface area contributed by atoms with E-state index in [1.54, 1.807) is 0 Å². The number of thioether (sulfide) groups is 1. The van der Waals surface area contributed by atoms with Crippen LogP contribution in [-0.2, 0) is 0 Å². The highest BCUT2D eigenvalue weighted by Gasteiger charge is 2.00. The zero-order chi connectivity index (χ0) is 9.68.